The second-order valence-electron chi connectivity index (χ2n) is 7.85. The highest BCUT2D eigenvalue weighted by molar-refractivity contribution is 5.80. The number of benzene rings is 1. The Morgan fingerprint density at radius 2 is 2.00 bits per heavy atom. The van der Waals surface area contributed by atoms with Gasteiger partial charge in [-0.25, -0.2) is 23.7 Å². The van der Waals surface area contributed by atoms with Crippen LogP contribution in [0.15, 0.2) is 18.3 Å². The van der Waals surface area contributed by atoms with Gasteiger partial charge in [-0.2, -0.15) is 0 Å². The maximum Gasteiger partial charge on any atom is 0.222 e. The lowest BCUT2D eigenvalue weighted by Gasteiger charge is -2.28. The zero-order valence-electron chi connectivity index (χ0n) is 16.8. The molecule has 3 heterocycles. The smallest absolute Gasteiger partial charge is 0.222 e. The van der Waals surface area contributed by atoms with Crippen LogP contribution in [0.2, 0.25) is 0 Å². The minimum Gasteiger partial charge on any atom is -0.354 e. The van der Waals surface area contributed by atoms with E-state index in [0.29, 0.717) is 22.9 Å². The summed E-state index contributed by atoms with van der Waals surface area (Å²) in [7, 11) is 2.18. The van der Waals surface area contributed by atoms with Gasteiger partial charge < -0.3 is 15.2 Å². The lowest BCUT2D eigenvalue weighted by Crippen LogP contribution is -2.30. The summed E-state index contributed by atoms with van der Waals surface area (Å²) in [6.45, 7) is 5.07. The minimum atomic E-state index is -0.952. The molecule has 0 bridgehead atoms. The fraction of sp³-hybridized carbons (Fsp3) is 0.476. The van der Waals surface area contributed by atoms with Crippen molar-refractivity contribution in [2.75, 3.05) is 32.0 Å². The molecule has 0 unspecified atom stereocenters. The van der Waals surface area contributed by atoms with Gasteiger partial charge in [0.15, 0.2) is 11.6 Å². The van der Waals surface area contributed by atoms with Crippen LogP contribution in [0.4, 0.5) is 14.7 Å². The maximum absolute atomic E-state index is 13.9. The van der Waals surface area contributed by atoms with Crippen LogP contribution < -0.4 is 5.32 Å². The lowest BCUT2D eigenvalue weighted by molar-refractivity contribution is 0.211. The summed E-state index contributed by atoms with van der Waals surface area (Å²) in [5.41, 5.74) is 1.81. The van der Waals surface area contributed by atoms with Crippen LogP contribution >= 0.6 is 0 Å². The number of anilines is 1. The van der Waals surface area contributed by atoms with Crippen LogP contribution in [0, 0.1) is 24.5 Å². The number of nitrogens with one attached hydrogen (secondary N) is 2. The van der Waals surface area contributed by atoms with Gasteiger partial charge in [-0.3, -0.25) is 0 Å². The number of imidazole rings is 1. The first-order valence-electron chi connectivity index (χ1n) is 10.1. The number of halogens is 2. The Balaban J connectivity index is 1.37. The van der Waals surface area contributed by atoms with Gasteiger partial charge in [0.05, 0.1) is 16.8 Å². The van der Waals surface area contributed by atoms with Crippen LogP contribution in [-0.4, -0.2) is 51.5 Å². The summed E-state index contributed by atoms with van der Waals surface area (Å²) in [5, 5.41) is 3.28. The number of piperidine rings is 1. The molecule has 29 heavy (non-hydrogen) atoms. The normalized spacial score (nSPS) is 15.9. The average molecular weight is 400 g/mol. The highest BCUT2D eigenvalue weighted by Gasteiger charge is 2.17. The van der Waals surface area contributed by atoms with Crippen molar-refractivity contribution in [2.45, 2.75) is 32.6 Å². The van der Waals surface area contributed by atoms with Crippen LogP contribution in [0.5, 0.6) is 0 Å². The minimum absolute atomic E-state index is 0.0180. The molecule has 0 aliphatic carbocycles. The molecular formula is C21H26F2N6. The maximum atomic E-state index is 13.9. The van der Waals surface area contributed by atoms with Gasteiger partial charge in [0, 0.05) is 12.7 Å². The van der Waals surface area contributed by atoms with E-state index in [2.05, 4.69) is 37.2 Å². The summed E-state index contributed by atoms with van der Waals surface area (Å²) in [6.07, 6.45) is 6.53. The second-order valence-corrected chi connectivity index (χ2v) is 7.85. The molecule has 1 aliphatic rings. The molecule has 1 fully saturated rings. The van der Waals surface area contributed by atoms with Crippen molar-refractivity contribution < 1.29 is 8.78 Å². The van der Waals surface area contributed by atoms with E-state index in [9.17, 15) is 8.78 Å². The Kier molecular flexibility index (Phi) is 5.71. The summed E-state index contributed by atoms with van der Waals surface area (Å²) < 4.78 is 27.3. The molecule has 0 radical (unpaired) electrons. The third-order valence-corrected chi connectivity index (χ3v) is 5.69. The van der Waals surface area contributed by atoms with Crippen LogP contribution in [0.3, 0.4) is 0 Å². The molecule has 0 amide bonds. The number of nitrogens with zero attached hydrogens (tertiary/aromatic N) is 4. The zero-order valence-corrected chi connectivity index (χ0v) is 16.8. The van der Waals surface area contributed by atoms with E-state index >= 15 is 0 Å². The van der Waals surface area contributed by atoms with Crippen molar-refractivity contribution in [3.05, 3.63) is 35.7 Å². The van der Waals surface area contributed by atoms with E-state index < -0.39 is 11.6 Å². The zero-order chi connectivity index (χ0) is 20.4. The standard InChI is InChI=1S/C21H26F2N6/c1-13-15(20-27-17-6-5-16(22)18(23)19(17)28-20)12-25-21(26-13)24-9-3-4-14-7-10-29(2)11-8-14/h5-6,12,14H,3-4,7-11H2,1-2H3,(H,27,28)(H,24,25,26). The molecule has 8 heteroatoms. The Hall–Kier alpha value is -2.61. The van der Waals surface area contributed by atoms with Gasteiger partial charge in [-0.15, -0.1) is 0 Å². The number of aromatic amines is 1. The van der Waals surface area contributed by atoms with Gasteiger partial charge >= 0.3 is 0 Å². The Morgan fingerprint density at radius 3 is 2.76 bits per heavy atom. The Labute approximate surface area is 168 Å². The SMILES string of the molecule is Cc1nc(NCCCC2CCN(C)CC2)ncc1-c1nc2c(F)c(F)ccc2[nH]1. The summed E-state index contributed by atoms with van der Waals surface area (Å²) in [4.78, 5) is 18.5. The van der Waals surface area contributed by atoms with Crippen LogP contribution in [0.25, 0.3) is 22.4 Å². The van der Waals surface area contributed by atoms with Crippen molar-refractivity contribution in [1.29, 1.82) is 0 Å². The largest absolute Gasteiger partial charge is 0.354 e. The van der Waals surface area contributed by atoms with Crippen molar-refractivity contribution in [3.8, 4) is 11.4 Å². The molecule has 0 spiro atoms. The van der Waals surface area contributed by atoms with E-state index in [1.165, 1.54) is 38.4 Å². The third kappa shape index (κ3) is 4.37. The Morgan fingerprint density at radius 1 is 1.21 bits per heavy atom. The number of hydrogen-bond donors (Lipinski definition) is 2. The summed E-state index contributed by atoms with van der Waals surface area (Å²) in [5.74, 6) is -0.0510. The van der Waals surface area contributed by atoms with Gasteiger partial charge in [0.2, 0.25) is 5.95 Å². The van der Waals surface area contributed by atoms with Gasteiger partial charge in [-0.1, -0.05) is 0 Å². The van der Waals surface area contributed by atoms with Crippen molar-refractivity contribution >= 4 is 17.0 Å². The molecular weight excluding hydrogens is 374 g/mol. The molecule has 6 nitrogen and oxygen atoms in total. The molecule has 2 N–H and O–H groups in total. The highest BCUT2D eigenvalue weighted by Crippen LogP contribution is 2.25. The number of H-pyrrole nitrogens is 1. The average Bonchev–Trinajstić information content (AvgIpc) is 3.14. The molecule has 1 aliphatic heterocycles. The number of aryl methyl sites for hydroxylation is 1. The fourth-order valence-corrected chi connectivity index (χ4v) is 3.87. The number of likely N-dealkylation sites (tertiary alicyclic amines) is 1. The van der Waals surface area contributed by atoms with Gasteiger partial charge in [0.25, 0.3) is 0 Å². The third-order valence-electron chi connectivity index (χ3n) is 5.69. The van der Waals surface area contributed by atoms with E-state index in [1.807, 2.05) is 6.92 Å². The van der Waals surface area contributed by atoms with E-state index in [-0.39, 0.29) is 5.52 Å². The first kappa shape index (κ1) is 19.7. The van der Waals surface area contributed by atoms with Crippen molar-refractivity contribution in [2.24, 2.45) is 5.92 Å². The monoisotopic (exact) mass is 400 g/mol. The van der Waals surface area contributed by atoms with E-state index in [0.717, 1.165) is 30.6 Å². The summed E-state index contributed by atoms with van der Waals surface area (Å²) >= 11 is 0. The number of rotatable bonds is 6. The predicted octanol–water partition coefficient (Wildman–Crippen LogP) is 4.14. The highest BCUT2D eigenvalue weighted by atomic mass is 19.2. The molecule has 0 atom stereocenters. The quantitative estimate of drug-likeness (QED) is 0.609. The van der Waals surface area contributed by atoms with E-state index in [4.69, 9.17) is 0 Å². The molecule has 154 valence electrons. The first-order valence-corrected chi connectivity index (χ1v) is 10.1. The van der Waals surface area contributed by atoms with Crippen LogP contribution in [0.1, 0.15) is 31.4 Å². The van der Waals surface area contributed by atoms with Crippen molar-refractivity contribution in [1.82, 2.24) is 24.8 Å². The number of hydrogen-bond acceptors (Lipinski definition) is 5. The number of aromatic nitrogens is 4. The van der Waals surface area contributed by atoms with E-state index in [1.54, 1.807) is 6.20 Å². The lowest BCUT2D eigenvalue weighted by atomic mass is 9.92. The second kappa shape index (κ2) is 8.41. The molecule has 1 saturated heterocycles. The Bertz CT molecular complexity index is 994. The molecule has 0 saturated carbocycles. The predicted molar refractivity (Wildman–Crippen MR) is 110 cm³/mol. The van der Waals surface area contributed by atoms with Crippen molar-refractivity contribution in [3.63, 3.8) is 0 Å². The topological polar surface area (TPSA) is 69.7 Å². The van der Waals surface area contributed by atoms with Gasteiger partial charge in [0.1, 0.15) is 11.3 Å². The molecule has 1 aromatic carbocycles. The summed E-state index contributed by atoms with van der Waals surface area (Å²) in [6, 6.07) is 2.56. The molecule has 2 aromatic heterocycles. The molecule has 4 rings (SSSR count). The molecule has 3 aromatic rings. The van der Waals surface area contributed by atoms with Gasteiger partial charge in [-0.05, 0) is 70.8 Å². The fourth-order valence-electron chi connectivity index (χ4n) is 3.87. The first-order chi connectivity index (χ1) is 14.0. The number of fused-ring (bicyclic) bond motifs is 1. The van der Waals surface area contributed by atoms with Crippen LogP contribution in [-0.2, 0) is 0 Å².